The molecule has 0 unspecified atom stereocenters. The van der Waals surface area contributed by atoms with Crippen molar-refractivity contribution in [3.05, 3.63) is 78.1 Å². The maximum absolute atomic E-state index is 12.7. The molecule has 1 saturated carbocycles. The van der Waals surface area contributed by atoms with E-state index in [1.807, 2.05) is 60.7 Å². The fourth-order valence-electron chi connectivity index (χ4n) is 3.29. The van der Waals surface area contributed by atoms with Gasteiger partial charge in [-0.05, 0) is 37.0 Å². The molecule has 3 aromatic rings. The summed E-state index contributed by atoms with van der Waals surface area (Å²) >= 11 is 0. The topological polar surface area (TPSA) is 67.2 Å². The summed E-state index contributed by atoms with van der Waals surface area (Å²) < 4.78 is 1.51. The normalized spacial score (nSPS) is 15.4. The Hall–Kier alpha value is -3.08. The van der Waals surface area contributed by atoms with Crippen LogP contribution in [0.4, 0.5) is 0 Å². The first-order valence-corrected chi connectivity index (χ1v) is 8.40. The van der Waals surface area contributed by atoms with Crippen molar-refractivity contribution in [2.75, 3.05) is 0 Å². The highest BCUT2D eigenvalue weighted by Gasteiger charge is 2.40. The van der Waals surface area contributed by atoms with Crippen molar-refractivity contribution < 1.29 is 9.90 Å². The van der Waals surface area contributed by atoms with Gasteiger partial charge in [0.05, 0.1) is 17.4 Å². The summed E-state index contributed by atoms with van der Waals surface area (Å²) in [7, 11) is 0. The number of para-hydroxylation sites is 1. The van der Waals surface area contributed by atoms with E-state index in [-0.39, 0.29) is 22.9 Å². The van der Waals surface area contributed by atoms with E-state index in [1.54, 1.807) is 0 Å². The number of carbonyl (C=O) groups excluding carboxylic acids is 1. The fourth-order valence-corrected chi connectivity index (χ4v) is 3.29. The van der Waals surface area contributed by atoms with Crippen molar-refractivity contribution in [3.63, 3.8) is 0 Å². The Morgan fingerprint density at radius 3 is 2.28 bits per heavy atom. The summed E-state index contributed by atoms with van der Waals surface area (Å²) in [6.45, 7) is 0. The molecule has 1 aliphatic carbocycles. The molecular formula is C20H19N3O2. The minimum absolute atomic E-state index is 0.0473. The van der Waals surface area contributed by atoms with E-state index in [1.165, 1.54) is 10.9 Å². The number of aromatic nitrogens is 2. The van der Waals surface area contributed by atoms with E-state index in [0.29, 0.717) is 0 Å². The lowest BCUT2D eigenvalue weighted by atomic mass is 9.71. The van der Waals surface area contributed by atoms with Crippen molar-refractivity contribution in [1.82, 2.24) is 15.1 Å². The van der Waals surface area contributed by atoms with Crippen molar-refractivity contribution in [3.8, 4) is 11.4 Å². The summed E-state index contributed by atoms with van der Waals surface area (Å²) in [5.41, 5.74) is 1.57. The van der Waals surface area contributed by atoms with Gasteiger partial charge in [0.25, 0.3) is 5.91 Å². The molecule has 126 valence electrons. The molecule has 1 fully saturated rings. The van der Waals surface area contributed by atoms with E-state index >= 15 is 0 Å². The van der Waals surface area contributed by atoms with Gasteiger partial charge in [0, 0.05) is 0 Å². The van der Waals surface area contributed by atoms with Gasteiger partial charge in [-0.3, -0.25) is 4.79 Å². The van der Waals surface area contributed by atoms with Crippen LogP contribution in [0.5, 0.6) is 5.75 Å². The van der Waals surface area contributed by atoms with Gasteiger partial charge >= 0.3 is 0 Å². The summed E-state index contributed by atoms with van der Waals surface area (Å²) in [6, 6.07) is 19.4. The van der Waals surface area contributed by atoms with Crippen LogP contribution in [0.2, 0.25) is 0 Å². The Morgan fingerprint density at radius 2 is 1.68 bits per heavy atom. The Kier molecular flexibility index (Phi) is 3.76. The Bertz CT molecular complexity index is 884. The Morgan fingerprint density at radius 1 is 1.04 bits per heavy atom. The first-order chi connectivity index (χ1) is 12.2. The van der Waals surface area contributed by atoms with Gasteiger partial charge in [-0.1, -0.05) is 48.5 Å². The average Bonchev–Trinajstić information content (AvgIpc) is 3.01. The maximum atomic E-state index is 12.7. The molecule has 4 rings (SSSR count). The molecule has 0 bridgehead atoms. The molecule has 1 aromatic heterocycles. The predicted molar refractivity (Wildman–Crippen MR) is 94.7 cm³/mol. The van der Waals surface area contributed by atoms with Crippen LogP contribution in [0.1, 0.15) is 35.3 Å². The molecule has 2 aromatic carbocycles. The zero-order chi connectivity index (χ0) is 17.3. The number of nitrogens with zero attached hydrogens (tertiary/aromatic N) is 2. The van der Waals surface area contributed by atoms with Gasteiger partial charge in [-0.2, -0.15) is 5.10 Å². The molecule has 0 aliphatic heterocycles. The van der Waals surface area contributed by atoms with Crippen molar-refractivity contribution in [2.45, 2.75) is 24.8 Å². The molecule has 1 amide bonds. The van der Waals surface area contributed by atoms with Crippen LogP contribution >= 0.6 is 0 Å². The SMILES string of the molecule is O=C(NC1(c2ccccc2)CCC1)c1nn(-c2ccccc2)cc1O. The molecule has 5 heteroatoms. The van der Waals surface area contributed by atoms with E-state index in [2.05, 4.69) is 10.4 Å². The third kappa shape index (κ3) is 2.78. The molecular weight excluding hydrogens is 314 g/mol. The van der Waals surface area contributed by atoms with Gasteiger partial charge in [0.1, 0.15) is 0 Å². The second-order valence-corrected chi connectivity index (χ2v) is 6.40. The standard InChI is InChI=1S/C20H19N3O2/c24-17-14-23(16-10-5-2-6-11-16)22-18(17)19(25)21-20(12-7-13-20)15-8-3-1-4-9-15/h1-6,8-11,14,24H,7,12-13H2,(H,21,25). The zero-order valence-corrected chi connectivity index (χ0v) is 13.7. The number of amides is 1. The van der Waals surface area contributed by atoms with Crippen molar-refractivity contribution in [2.24, 2.45) is 0 Å². The third-order valence-electron chi connectivity index (χ3n) is 4.82. The molecule has 2 N–H and O–H groups in total. The first-order valence-electron chi connectivity index (χ1n) is 8.40. The quantitative estimate of drug-likeness (QED) is 0.769. The molecule has 0 radical (unpaired) electrons. The zero-order valence-electron chi connectivity index (χ0n) is 13.7. The lowest BCUT2D eigenvalue weighted by Gasteiger charge is -2.43. The summed E-state index contributed by atoms with van der Waals surface area (Å²) in [4.78, 5) is 12.7. The lowest BCUT2D eigenvalue weighted by Crippen LogP contribution is -2.50. The first kappa shape index (κ1) is 15.4. The van der Waals surface area contributed by atoms with Crippen LogP contribution in [-0.2, 0) is 5.54 Å². The lowest BCUT2D eigenvalue weighted by molar-refractivity contribution is 0.0815. The molecule has 25 heavy (non-hydrogen) atoms. The second kappa shape index (κ2) is 6.09. The van der Waals surface area contributed by atoms with Gasteiger partial charge in [-0.25, -0.2) is 4.68 Å². The van der Waals surface area contributed by atoms with Gasteiger partial charge < -0.3 is 10.4 Å². The third-order valence-corrected chi connectivity index (χ3v) is 4.82. The van der Waals surface area contributed by atoms with E-state index < -0.39 is 0 Å². The number of rotatable bonds is 4. The maximum Gasteiger partial charge on any atom is 0.276 e. The fraction of sp³-hybridized carbons (Fsp3) is 0.200. The van der Waals surface area contributed by atoms with Crippen LogP contribution in [0.3, 0.4) is 0 Å². The largest absolute Gasteiger partial charge is 0.504 e. The number of benzene rings is 2. The number of hydrogen-bond acceptors (Lipinski definition) is 3. The Balaban J connectivity index is 1.60. The number of hydrogen-bond donors (Lipinski definition) is 2. The van der Waals surface area contributed by atoms with E-state index in [9.17, 15) is 9.90 Å². The van der Waals surface area contributed by atoms with Crippen LogP contribution in [-0.4, -0.2) is 20.8 Å². The highest BCUT2D eigenvalue weighted by Crippen LogP contribution is 2.41. The van der Waals surface area contributed by atoms with E-state index in [0.717, 1.165) is 30.5 Å². The van der Waals surface area contributed by atoms with Crippen LogP contribution in [0, 0.1) is 0 Å². The minimum atomic E-state index is -0.360. The highest BCUT2D eigenvalue weighted by atomic mass is 16.3. The number of carbonyl (C=O) groups is 1. The van der Waals surface area contributed by atoms with Crippen LogP contribution in [0.25, 0.3) is 5.69 Å². The number of nitrogens with one attached hydrogen (secondary N) is 1. The minimum Gasteiger partial charge on any atom is -0.504 e. The van der Waals surface area contributed by atoms with Crippen LogP contribution in [0.15, 0.2) is 66.9 Å². The smallest absolute Gasteiger partial charge is 0.276 e. The highest BCUT2D eigenvalue weighted by molar-refractivity contribution is 5.95. The molecule has 0 spiro atoms. The number of aromatic hydroxyl groups is 1. The molecule has 0 atom stereocenters. The van der Waals surface area contributed by atoms with Crippen molar-refractivity contribution >= 4 is 5.91 Å². The second-order valence-electron chi connectivity index (χ2n) is 6.40. The monoisotopic (exact) mass is 333 g/mol. The molecule has 5 nitrogen and oxygen atoms in total. The van der Waals surface area contributed by atoms with Crippen molar-refractivity contribution in [1.29, 1.82) is 0 Å². The summed E-state index contributed by atoms with van der Waals surface area (Å²) in [5, 5.41) is 17.5. The molecule has 1 aliphatic rings. The van der Waals surface area contributed by atoms with Gasteiger partial charge in [0.2, 0.25) is 0 Å². The summed E-state index contributed by atoms with van der Waals surface area (Å²) in [5.74, 6) is -0.473. The molecule has 1 heterocycles. The van der Waals surface area contributed by atoms with Gasteiger partial charge in [0.15, 0.2) is 11.4 Å². The molecule has 0 saturated heterocycles. The van der Waals surface area contributed by atoms with E-state index in [4.69, 9.17) is 0 Å². The van der Waals surface area contributed by atoms with Crippen LogP contribution < -0.4 is 5.32 Å². The predicted octanol–water partition coefficient (Wildman–Crippen LogP) is 3.39. The van der Waals surface area contributed by atoms with Gasteiger partial charge in [-0.15, -0.1) is 0 Å². The summed E-state index contributed by atoms with van der Waals surface area (Å²) in [6.07, 6.45) is 4.31. The average molecular weight is 333 g/mol. The Labute approximate surface area is 145 Å².